The number of nitrogens with zero attached hydrogens (tertiary/aromatic N) is 4. The van der Waals surface area contributed by atoms with E-state index in [9.17, 15) is 13.2 Å². The maximum absolute atomic E-state index is 13.0. The van der Waals surface area contributed by atoms with Crippen LogP contribution in [0, 0.1) is 19.8 Å². The first kappa shape index (κ1) is 34.1. The SMILES string of the molecule is Cc1ccc2c(Oc3ncccc3-c3ccnc(N[C@H]4CCCN(C(=O)OC(C)(C)C)C4)n3)c(C)ccc2c1CS(=O)(=O)CC(C)C. The smallest absolute Gasteiger partial charge is 0.410 e. The Balaban J connectivity index is 1.41. The van der Waals surface area contributed by atoms with Crippen molar-refractivity contribution in [3.8, 4) is 22.9 Å². The second-order valence-corrected chi connectivity index (χ2v) is 15.9. The highest BCUT2D eigenvalue weighted by atomic mass is 32.2. The minimum absolute atomic E-state index is 0.0288. The summed E-state index contributed by atoms with van der Waals surface area (Å²) in [4.78, 5) is 28.2. The van der Waals surface area contributed by atoms with Crippen molar-refractivity contribution < 1.29 is 22.7 Å². The summed E-state index contributed by atoms with van der Waals surface area (Å²) >= 11 is 0. The molecule has 1 atom stereocenters. The summed E-state index contributed by atoms with van der Waals surface area (Å²) in [5, 5.41) is 5.06. The highest BCUT2D eigenvalue weighted by molar-refractivity contribution is 7.90. The zero-order chi connectivity index (χ0) is 33.9. The number of carbonyl (C=O) groups is 1. The van der Waals surface area contributed by atoms with E-state index < -0.39 is 15.4 Å². The van der Waals surface area contributed by atoms with Crippen molar-refractivity contribution in [1.82, 2.24) is 19.9 Å². The van der Waals surface area contributed by atoms with Crippen LogP contribution in [0.1, 0.15) is 64.2 Å². The molecule has 1 amide bonds. The molecule has 250 valence electrons. The van der Waals surface area contributed by atoms with Crippen molar-refractivity contribution in [2.24, 2.45) is 5.92 Å². The second kappa shape index (κ2) is 13.9. The number of carbonyl (C=O) groups excluding carboxylic acids is 1. The van der Waals surface area contributed by atoms with E-state index >= 15 is 0 Å². The molecule has 1 N–H and O–H groups in total. The fourth-order valence-corrected chi connectivity index (χ4v) is 7.84. The Labute approximate surface area is 277 Å². The van der Waals surface area contributed by atoms with Crippen LogP contribution in [-0.4, -0.2) is 64.8 Å². The molecular formula is C36H45N5O5S. The van der Waals surface area contributed by atoms with Crippen molar-refractivity contribution in [3.63, 3.8) is 0 Å². The molecule has 1 aliphatic heterocycles. The molecular weight excluding hydrogens is 614 g/mol. The normalized spacial score (nSPS) is 15.6. The fourth-order valence-electron chi connectivity index (χ4n) is 5.88. The summed E-state index contributed by atoms with van der Waals surface area (Å²) in [5.41, 5.74) is 3.35. The largest absolute Gasteiger partial charge is 0.444 e. The first-order valence-corrected chi connectivity index (χ1v) is 17.9. The van der Waals surface area contributed by atoms with Gasteiger partial charge in [0.05, 0.1) is 22.8 Å². The molecule has 11 heteroatoms. The van der Waals surface area contributed by atoms with Gasteiger partial charge in [-0.1, -0.05) is 38.1 Å². The number of nitrogens with one attached hydrogen (secondary N) is 1. The summed E-state index contributed by atoms with van der Waals surface area (Å²) < 4.78 is 38.2. The lowest BCUT2D eigenvalue weighted by Crippen LogP contribution is -2.47. The average Bonchev–Trinajstić information content (AvgIpc) is 2.99. The van der Waals surface area contributed by atoms with Crippen LogP contribution in [0.5, 0.6) is 11.6 Å². The number of fused-ring (bicyclic) bond motifs is 1. The van der Waals surface area contributed by atoms with E-state index in [0.717, 1.165) is 40.3 Å². The number of hydrogen-bond acceptors (Lipinski definition) is 9. The zero-order valence-electron chi connectivity index (χ0n) is 28.3. The quantitative estimate of drug-likeness (QED) is 0.195. The number of anilines is 1. The summed E-state index contributed by atoms with van der Waals surface area (Å²) in [5.74, 6) is 1.58. The Morgan fingerprint density at radius 3 is 2.51 bits per heavy atom. The Bertz CT molecular complexity index is 1870. The molecule has 0 aliphatic carbocycles. The van der Waals surface area contributed by atoms with E-state index in [1.165, 1.54) is 0 Å². The first-order valence-electron chi connectivity index (χ1n) is 16.1. The maximum atomic E-state index is 13.0. The number of benzene rings is 2. The van der Waals surface area contributed by atoms with Gasteiger partial charge < -0.3 is 19.7 Å². The summed E-state index contributed by atoms with van der Waals surface area (Å²) in [6.07, 6.45) is 4.74. The van der Waals surface area contributed by atoms with Gasteiger partial charge in [0.15, 0.2) is 9.84 Å². The minimum atomic E-state index is -3.30. The zero-order valence-corrected chi connectivity index (χ0v) is 29.1. The van der Waals surface area contributed by atoms with Crippen molar-refractivity contribution >= 4 is 32.7 Å². The van der Waals surface area contributed by atoms with Gasteiger partial charge in [0.25, 0.3) is 0 Å². The Morgan fingerprint density at radius 1 is 1.02 bits per heavy atom. The second-order valence-electron chi connectivity index (χ2n) is 13.7. The highest BCUT2D eigenvalue weighted by Gasteiger charge is 2.28. The van der Waals surface area contributed by atoms with Gasteiger partial charge in [-0.25, -0.2) is 28.2 Å². The number of sulfone groups is 1. The predicted molar refractivity (Wildman–Crippen MR) is 186 cm³/mol. The number of pyridine rings is 1. The van der Waals surface area contributed by atoms with E-state index in [1.807, 2.05) is 84.9 Å². The molecule has 0 spiro atoms. The van der Waals surface area contributed by atoms with Crippen molar-refractivity contribution in [1.29, 1.82) is 0 Å². The van der Waals surface area contributed by atoms with E-state index in [1.54, 1.807) is 23.4 Å². The average molecular weight is 660 g/mol. The summed E-state index contributed by atoms with van der Waals surface area (Å²) in [7, 11) is -3.30. The molecule has 1 fully saturated rings. The van der Waals surface area contributed by atoms with Crippen LogP contribution < -0.4 is 10.1 Å². The molecule has 1 aliphatic rings. The first-order chi connectivity index (χ1) is 22.2. The third-order valence-electron chi connectivity index (χ3n) is 7.95. The Hall–Kier alpha value is -4.25. The van der Waals surface area contributed by atoms with Crippen molar-refractivity contribution in [3.05, 3.63) is 71.5 Å². The summed E-state index contributed by atoms with van der Waals surface area (Å²) in [6.45, 7) is 14.5. The van der Waals surface area contributed by atoms with Gasteiger partial charge in [-0.2, -0.15) is 0 Å². The maximum Gasteiger partial charge on any atom is 0.410 e. The molecule has 10 nitrogen and oxygen atoms in total. The molecule has 2 aromatic heterocycles. The van der Waals surface area contributed by atoms with Gasteiger partial charge in [-0.15, -0.1) is 0 Å². The lowest BCUT2D eigenvalue weighted by molar-refractivity contribution is 0.0206. The molecule has 0 bridgehead atoms. The van der Waals surface area contributed by atoms with Crippen LogP contribution in [0.3, 0.4) is 0 Å². The van der Waals surface area contributed by atoms with Gasteiger partial charge in [0, 0.05) is 36.9 Å². The highest BCUT2D eigenvalue weighted by Crippen LogP contribution is 2.38. The number of likely N-dealkylation sites (tertiary alicyclic amines) is 1. The number of hydrogen-bond donors (Lipinski definition) is 1. The lowest BCUT2D eigenvalue weighted by Gasteiger charge is -2.34. The minimum Gasteiger partial charge on any atom is -0.444 e. The van der Waals surface area contributed by atoms with Crippen LogP contribution in [-0.2, 0) is 20.3 Å². The standard InChI is InChI=1S/C36H45N5O5S/c1-23(2)21-47(43,44)22-30-24(3)12-15-28-27(30)14-13-25(4)32(28)45-33-29(11-8-17-37-33)31-16-18-38-34(40-31)39-26-10-9-19-41(20-26)35(42)46-36(5,6)7/h8,11-18,23,26H,9-10,19-22H2,1-7H3,(H,38,39,40)/t26-/m0/s1. The van der Waals surface area contributed by atoms with Gasteiger partial charge in [0.1, 0.15) is 11.4 Å². The van der Waals surface area contributed by atoms with E-state index in [2.05, 4.69) is 15.3 Å². The van der Waals surface area contributed by atoms with Crippen LogP contribution >= 0.6 is 0 Å². The monoisotopic (exact) mass is 659 g/mol. The van der Waals surface area contributed by atoms with Gasteiger partial charge >= 0.3 is 6.09 Å². The van der Waals surface area contributed by atoms with Crippen molar-refractivity contribution in [2.75, 3.05) is 24.2 Å². The molecule has 2 aromatic carbocycles. The lowest BCUT2D eigenvalue weighted by atomic mass is 9.98. The topological polar surface area (TPSA) is 124 Å². The molecule has 1 saturated heterocycles. The van der Waals surface area contributed by atoms with Gasteiger partial charge in [-0.3, -0.25) is 0 Å². The number of aromatic nitrogens is 3. The molecule has 5 rings (SSSR count). The number of piperidine rings is 1. The van der Waals surface area contributed by atoms with Gasteiger partial charge in [-0.05, 0) is 93.7 Å². The third kappa shape index (κ3) is 8.57. The Morgan fingerprint density at radius 2 is 1.77 bits per heavy atom. The van der Waals surface area contributed by atoms with Crippen LogP contribution in [0.25, 0.3) is 22.0 Å². The van der Waals surface area contributed by atoms with Crippen molar-refractivity contribution in [2.45, 2.75) is 78.7 Å². The van der Waals surface area contributed by atoms with E-state index in [0.29, 0.717) is 41.9 Å². The van der Waals surface area contributed by atoms with E-state index in [-0.39, 0.29) is 29.6 Å². The molecule has 0 unspecified atom stereocenters. The number of rotatable bonds is 9. The van der Waals surface area contributed by atoms with E-state index in [4.69, 9.17) is 14.5 Å². The molecule has 0 saturated carbocycles. The number of aryl methyl sites for hydroxylation is 2. The molecule has 0 radical (unpaired) electrons. The summed E-state index contributed by atoms with van der Waals surface area (Å²) in [6, 6.07) is 13.4. The van der Waals surface area contributed by atoms with Gasteiger partial charge in [0.2, 0.25) is 11.8 Å². The van der Waals surface area contributed by atoms with Crippen LogP contribution in [0.15, 0.2) is 54.9 Å². The van der Waals surface area contributed by atoms with Crippen LogP contribution in [0.4, 0.5) is 10.7 Å². The predicted octanol–water partition coefficient (Wildman–Crippen LogP) is 7.48. The number of amides is 1. The molecule has 3 heterocycles. The Kier molecular flexibility index (Phi) is 10.0. The molecule has 47 heavy (non-hydrogen) atoms. The fraction of sp³-hybridized carbons (Fsp3) is 0.444. The third-order valence-corrected chi connectivity index (χ3v) is 9.86. The molecule has 4 aromatic rings. The van der Waals surface area contributed by atoms with Crippen LogP contribution in [0.2, 0.25) is 0 Å². The number of ether oxygens (including phenoxy) is 2.